The molecule has 1 aliphatic rings. The molecule has 1 fully saturated rings. The molecule has 0 spiro atoms. The number of rotatable bonds is 3. The average Bonchev–Trinajstić information content (AvgIpc) is 2.40. The van der Waals surface area contributed by atoms with E-state index in [1.807, 2.05) is 4.90 Å². The number of nitrogens with zero attached hydrogens (tertiary/aromatic N) is 1. The topological polar surface area (TPSA) is 60.8 Å². The van der Waals surface area contributed by atoms with Crippen LogP contribution in [-0.2, 0) is 12.7 Å². The molecule has 0 unspecified atom stereocenters. The molecule has 1 aromatic rings. The number of halogens is 3. The van der Waals surface area contributed by atoms with Crippen molar-refractivity contribution in [3.63, 3.8) is 0 Å². The molecule has 1 aromatic carbocycles. The molecule has 116 valence electrons. The molecule has 1 aliphatic heterocycles. The van der Waals surface area contributed by atoms with Crippen LogP contribution in [0.15, 0.2) is 18.2 Å². The van der Waals surface area contributed by atoms with Crippen molar-refractivity contribution in [3.8, 4) is 0 Å². The third kappa shape index (κ3) is 3.95. The molecule has 2 N–H and O–H groups in total. The number of carboxylic acid groups (broad SMARTS) is 1. The molecule has 7 heteroatoms. The van der Waals surface area contributed by atoms with E-state index in [4.69, 9.17) is 5.11 Å². The lowest BCUT2D eigenvalue weighted by Gasteiger charge is -2.30. The summed E-state index contributed by atoms with van der Waals surface area (Å²) < 4.78 is 39.2. The Bertz CT molecular complexity index is 523. The van der Waals surface area contributed by atoms with Gasteiger partial charge in [0.1, 0.15) is 0 Å². The number of hydrogen-bond acceptors (Lipinski definition) is 3. The number of aliphatic hydroxyl groups excluding tert-OH is 1. The highest BCUT2D eigenvalue weighted by Crippen LogP contribution is 2.33. The molecular formula is C14H16F3NO3. The van der Waals surface area contributed by atoms with E-state index in [2.05, 4.69) is 0 Å². The predicted octanol–water partition coefficient (Wildman–Crippen LogP) is 2.36. The molecule has 0 radical (unpaired) electrons. The fourth-order valence-electron chi connectivity index (χ4n) is 2.43. The van der Waals surface area contributed by atoms with Gasteiger partial charge >= 0.3 is 12.1 Å². The molecule has 4 nitrogen and oxygen atoms in total. The van der Waals surface area contributed by atoms with Crippen molar-refractivity contribution in [2.75, 3.05) is 13.1 Å². The summed E-state index contributed by atoms with van der Waals surface area (Å²) in [6, 6.07) is 3.08. The Labute approximate surface area is 119 Å². The van der Waals surface area contributed by atoms with E-state index >= 15 is 0 Å². The maximum atomic E-state index is 13.1. The van der Waals surface area contributed by atoms with Gasteiger partial charge in [0, 0.05) is 19.6 Å². The van der Waals surface area contributed by atoms with Gasteiger partial charge in [-0.3, -0.25) is 4.90 Å². The monoisotopic (exact) mass is 303 g/mol. The maximum Gasteiger partial charge on any atom is 0.416 e. The Morgan fingerprint density at radius 3 is 2.43 bits per heavy atom. The number of alkyl halides is 3. The Hall–Kier alpha value is -1.60. The lowest BCUT2D eigenvalue weighted by atomic mass is 10.0. The molecule has 21 heavy (non-hydrogen) atoms. The first kappa shape index (κ1) is 15.8. The number of hydrogen-bond donors (Lipinski definition) is 2. The number of likely N-dealkylation sites (tertiary alicyclic amines) is 1. The number of carbonyl (C=O) groups is 1. The summed E-state index contributed by atoms with van der Waals surface area (Å²) in [6.45, 7) is 1.15. The molecule has 0 bridgehead atoms. The minimum Gasteiger partial charge on any atom is -0.478 e. The van der Waals surface area contributed by atoms with Gasteiger partial charge in [0.25, 0.3) is 0 Å². The van der Waals surface area contributed by atoms with E-state index in [9.17, 15) is 23.1 Å². The molecular weight excluding hydrogens is 287 g/mol. The zero-order chi connectivity index (χ0) is 15.6. The Balaban J connectivity index is 2.24. The Kier molecular flexibility index (Phi) is 4.53. The van der Waals surface area contributed by atoms with Crippen molar-refractivity contribution in [2.24, 2.45) is 0 Å². The van der Waals surface area contributed by atoms with E-state index in [0.29, 0.717) is 32.0 Å². The van der Waals surface area contributed by atoms with Crippen molar-refractivity contribution in [1.82, 2.24) is 4.90 Å². The first-order chi connectivity index (χ1) is 9.77. The van der Waals surface area contributed by atoms with Crippen molar-refractivity contribution >= 4 is 5.97 Å². The summed E-state index contributed by atoms with van der Waals surface area (Å²) >= 11 is 0. The van der Waals surface area contributed by atoms with E-state index < -0.39 is 23.8 Å². The number of piperidine rings is 1. The highest BCUT2D eigenvalue weighted by atomic mass is 19.4. The predicted molar refractivity (Wildman–Crippen MR) is 68.9 cm³/mol. The van der Waals surface area contributed by atoms with Gasteiger partial charge < -0.3 is 10.2 Å². The van der Waals surface area contributed by atoms with E-state index in [1.165, 1.54) is 12.1 Å². The normalized spacial score (nSPS) is 17.9. The Morgan fingerprint density at radius 2 is 1.90 bits per heavy atom. The van der Waals surface area contributed by atoms with Gasteiger partial charge in [-0.1, -0.05) is 6.07 Å². The second-order valence-corrected chi connectivity index (χ2v) is 5.18. The van der Waals surface area contributed by atoms with Crippen LogP contribution in [0.5, 0.6) is 0 Å². The van der Waals surface area contributed by atoms with Crippen molar-refractivity contribution in [3.05, 3.63) is 34.9 Å². The number of aliphatic hydroxyl groups is 1. The molecule has 2 rings (SSSR count). The van der Waals surface area contributed by atoms with E-state index in [1.54, 1.807) is 0 Å². The van der Waals surface area contributed by atoms with Crippen LogP contribution in [0.1, 0.15) is 34.3 Å². The third-order valence-electron chi connectivity index (χ3n) is 3.61. The van der Waals surface area contributed by atoms with Crippen molar-refractivity contribution in [2.45, 2.75) is 31.7 Å². The van der Waals surface area contributed by atoms with E-state index in [0.717, 1.165) is 0 Å². The molecule has 0 amide bonds. The van der Waals surface area contributed by atoms with Crippen LogP contribution in [0.2, 0.25) is 0 Å². The zero-order valence-corrected chi connectivity index (χ0v) is 11.2. The standard InChI is InChI=1S/C14H16F3NO3/c15-14(16,17)12-7-9(13(20)21)1-2-10(12)8-18-5-3-11(19)4-6-18/h1-2,7,11,19H,3-6,8H2,(H,20,21). The number of carboxylic acids is 1. The molecule has 1 saturated heterocycles. The van der Waals surface area contributed by atoms with Crippen LogP contribution in [-0.4, -0.2) is 40.3 Å². The lowest BCUT2D eigenvalue weighted by molar-refractivity contribution is -0.138. The summed E-state index contributed by atoms with van der Waals surface area (Å²) in [5.74, 6) is -1.38. The lowest BCUT2D eigenvalue weighted by Crippen LogP contribution is -2.35. The molecule has 1 heterocycles. The van der Waals surface area contributed by atoms with Crippen LogP contribution in [0.4, 0.5) is 13.2 Å². The van der Waals surface area contributed by atoms with Crippen LogP contribution < -0.4 is 0 Å². The molecule has 0 aromatic heterocycles. The first-order valence-corrected chi connectivity index (χ1v) is 6.61. The number of benzene rings is 1. The number of aromatic carboxylic acids is 1. The van der Waals surface area contributed by atoms with Crippen LogP contribution >= 0.6 is 0 Å². The molecule has 0 saturated carbocycles. The summed E-state index contributed by atoms with van der Waals surface area (Å²) in [6.07, 6.45) is -3.91. The summed E-state index contributed by atoms with van der Waals surface area (Å²) in [5.41, 5.74) is -1.22. The van der Waals surface area contributed by atoms with Crippen LogP contribution in [0, 0.1) is 0 Å². The largest absolute Gasteiger partial charge is 0.478 e. The summed E-state index contributed by atoms with van der Waals surface area (Å²) in [5, 5.41) is 18.2. The second-order valence-electron chi connectivity index (χ2n) is 5.18. The smallest absolute Gasteiger partial charge is 0.416 e. The summed E-state index contributed by atoms with van der Waals surface area (Å²) in [7, 11) is 0. The van der Waals surface area contributed by atoms with Gasteiger partial charge in [-0.2, -0.15) is 13.2 Å². The van der Waals surface area contributed by atoms with Gasteiger partial charge in [-0.15, -0.1) is 0 Å². The van der Waals surface area contributed by atoms with Gasteiger partial charge in [0.15, 0.2) is 0 Å². The van der Waals surface area contributed by atoms with E-state index in [-0.39, 0.29) is 17.7 Å². The van der Waals surface area contributed by atoms with Gasteiger partial charge in [0.2, 0.25) is 0 Å². The van der Waals surface area contributed by atoms with Gasteiger partial charge in [0.05, 0.1) is 17.2 Å². The summed E-state index contributed by atoms with van der Waals surface area (Å²) in [4.78, 5) is 12.6. The second kappa shape index (κ2) is 6.03. The van der Waals surface area contributed by atoms with Crippen molar-refractivity contribution in [1.29, 1.82) is 0 Å². The zero-order valence-electron chi connectivity index (χ0n) is 11.2. The molecule has 0 atom stereocenters. The van der Waals surface area contributed by atoms with Gasteiger partial charge in [-0.05, 0) is 30.5 Å². The molecule has 0 aliphatic carbocycles. The minimum atomic E-state index is -4.59. The van der Waals surface area contributed by atoms with Crippen LogP contribution in [0.3, 0.4) is 0 Å². The highest BCUT2D eigenvalue weighted by molar-refractivity contribution is 5.88. The first-order valence-electron chi connectivity index (χ1n) is 6.61. The highest BCUT2D eigenvalue weighted by Gasteiger charge is 2.34. The quantitative estimate of drug-likeness (QED) is 0.900. The fourth-order valence-corrected chi connectivity index (χ4v) is 2.43. The fraction of sp³-hybridized carbons (Fsp3) is 0.500. The maximum absolute atomic E-state index is 13.1. The SMILES string of the molecule is O=C(O)c1ccc(CN2CCC(O)CC2)c(C(F)(F)F)c1. The Morgan fingerprint density at radius 1 is 1.29 bits per heavy atom. The van der Waals surface area contributed by atoms with Crippen LogP contribution in [0.25, 0.3) is 0 Å². The average molecular weight is 303 g/mol. The van der Waals surface area contributed by atoms with Crippen molar-refractivity contribution < 1.29 is 28.2 Å². The minimum absolute atomic E-state index is 0.0592. The van der Waals surface area contributed by atoms with Gasteiger partial charge in [-0.25, -0.2) is 4.79 Å². The third-order valence-corrected chi connectivity index (χ3v) is 3.61.